The summed E-state index contributed by atoms with van der Waals surface area (Å²) < 4.78 is 0.996. The third-order valence-corrected chi connectivity index (χ3v) is 3.46. The molecule has 0 saturated carbocycles. The molecule has 0 bridgehead atoms. The van der Waals surface area contributed by atoms with Crippen molar-refractivity contribution in [2.45, 2.75) is 6.54 Å². The Morgan fingerprint density at radius 2 is 2.11 bits per heavy atom. The first kappa shape index (κ1) is 12.1. The molecule has 1 aromatic carbocycles. The molecular weight excluding hydrogens is 308 g/mol. The highest BCUT2D eigenvalue weighted by atomic mass is 79.9. The van der Waals surface area contributed by atoms with E-state index in [9.17, 15) is 4.79 Å². The number of carbonyl (C=O) groups is 1. The van der Waals surface area contributed by atoms with E-state index in [4.69, 9.17) is 0 Å². The van der Waals surface area contributed by atoms with E-state index < -0.39 is 0 Å². The Hall–Kier alpha value is -1.95. The van der Waals surface area contributed by atoms with Gasteiger partial charge >= 0.3 is 0 Å². The van der Waals surface area contributed by atoms with Gasteiger partial charge in [-0.1, -0.05) is 15.9 Å². The summed E-state index contributed by atoms with van der Waals surface area (Å²) in [6.07, 6.45) is 3.29. The summed E-state index contributed by atoms with van der Waals surface area (Å²) in [6.45, 7) is 0.956. The summed E-state index contributed by atoms with van der Waals surface area (Å²) >= 11 is 3.45. The van der Waals surface area contributed by atoms with Gasteiger partial charge in [0.25, 0.3) is 0 Å². The van der Waals surface area contributed by atoms with Gasteiger partial charge < -0.3 is 10.2 Å². The van der Waals surface area contributed by atoms with Crippen LogP contribution in [-0.4, -0.2) is 22.6 Å². The molecule has 1 amide bonds. The summed E-state index contributed by atoms with van der Waals surface area (Å²) in [4.78, 5) is 13.9. The van der Waals surface area contributed by atoms with Crippen LogP contribution in [0.1, 0.15) is 5.56 Å². The average Bonchev–Trinajstić information content (AvgIpc) is 2.58. The fourth-order valence-corrected chi connectivity index (χ4v) is 2.50. The van der Waals surface area contributed by atoms with Crippen molar-refractivity contribution in [2.24, 2.45) is 0 Å². The standard InChI is InChI=1S/C13H11BrN4O/c14-10-1-2-12-9(5-10)7-18(8-13(19)17-12)11-3-4-15-16-6-11/h1-6H,7-8H2,(H,17,19). The van der Waals surface area contributed by atoms with E-state index in [0.29, 0.717) is 13.1 Å². The van der Waals surface area contributed by atoms with E-state index in [1.807, 2.05) is 29.2 Å². The summed E-state index contributed by atoms with van der Waals surface area (Å²) in [7, 11) is 0. The Balaban J connectivity index is 1.99. The highest BCUT2D eigenvalue weighted by molar-refractivity contribution is 9.10. The lowest BCUT2D eigenvalue weighted by Crippen LogP contribution is -2.29. The normalized spacial score (nSPS) is 14.6. The van der Waals surface area contributed by atoms with Gasteiger partial charge in [0.1, 0.15) is 0 Å². The minimum absolute atomic E-state index is 0.0297. The molecule has 1 aliphatic rings. The third kappa shape index (κ3) is 2.58. The Kier molecular flexibility index (Phi) is 3.16. The van der Waals surface area contributed by atoms with E-state index in [1.165, 1.54) is 0 Å². The number of carbonyl (C=O) groups excluding carboxylic acids is 1. The lowest BCUT2D eigenvalue weighted by Gasteiger charge is -2.20. The van der Waals surface area contributed by atoms with E-state index >= 15 is 0 Å². The maximum absolute atomic E-state index is 11.9. The van der Waals surface area contributed by atoms with Crippen LogP contribution in [0.5, 0.6) is 0 Å². The molecule has 19 heavy (non-hydrogen) atoms. The van der Waals surface area contributed by atoms with Gasteiger partial charge in [-0.05, 0) is 29.8 Å². The van der Waals surface area contributed by atoms with Gasteiger partial charge in [0.05, 0.1) is 24.6 Å². The van der Waals surface area contributed by atoms with Crippen LogP contribution in [-0.2, 0) is 11.3 Å². The molecule has 0 saturated heterocycles. The van der Waals surface area contributed by atoms with Gasteiger partial charge in [-0.25, -0.2) is 0 Å². The van der Waals surface area contributed by atoms with Crippen molar-refractivity contribution >= 4 is 33.2 Å². The number of amides is 1. The first-order valence-electron chi connectivity index (χ1n) is 5.82. The SMILES string of the molecule is O=C1CN(c2ccnnc2)Cc2cc(Br)ccc2N1. The van der Waals surface area contributed by atoms with Crippen LogP contribution in [0.4, 0.5) is 11.4 Å². The monoisotopic (exact) mass is 318 g/mol. The van der Waals surface area contributed by atoms with Gasteiger partial charge in [-0.3, -0.25) is 4.79 Å². The van der Waals surface area contributed by atoms with Crippen LogP contribution in [0.2, 0.25) is 0 Å². The largest absolute Gasteiger partial charge is 0.356 e. The predicted octanol–water partition coefficient (Wildman–Crippen LogP) is 2.20. The minimum atomic E-state index is -0.0297. The Labute approximate surface area is 118 Å². The molecule has 2 heterocycles. The molecule has 0 radical (unpaired) electrons. The van der Waals surface area contributed by atoms with Gasteiger partial charge in [0.15, 0.2) is 0 Å². The molecule has 1 aliphatic heterocycles. The number of benzene rings is 1. The third-order valence-electron chi connectivity index (χ3n) is 2.97. The van der Waals surface area contributed by atoms with Crippen LogP contribution in [0.15, 0.2) is 41.1 Å². The lowest BCUT2D eigenvalue weighted by atomic mass is 10.1. The number of rotatable bonds is 1. The van der Waals surface area contributed by atoms with Gasteiger partial charge in [0.2, 0.25) is 5.91 Å². The number of aromatic nitrogens is 2. The zero-order valence-corrected chi connectivity index (χ0v) is 11.6. The molecule has 0 spiro atoms. The van der Waals surface area contributed by atoms with Crippen LogP contribution in [0.3, 0.4) is 0 Å². The molecular formula is C13H11BrN4O. The fraction of sp³-hybridized carbons (Fsp3) is 0.154. The van der Waals surface area contributed by atoms with Crippen molar-refractivity contribution in [3.8, 4) is 0 Å². The molecule has 2 aromatic rings. The molecule has 0 aliphatic carbocycles. The number of hydrogen-bond acceptors (Lipinski definition) is 4. The van der Waals surface area contributed by atoms with Crippen molar-refractivity contribution in [1.82, 2.24) is 10.2 Å². The Morgan fingerprint density at radius 1 is 1.21 bits per heavy atom. The van der Waals surface area contributed by atoms with Gasteiger partial charge in [-0.15, -0.1) is 0 Å². The van der Waals surface area contributed by atoms with E-state index in [1.54, 1.807) is 12.4 Å². The number of anilines is 2. The molecule has 1 aromatic heterocycles. The van der Waals surface area contributed by atoms with Crippen molar-refractivity contribution in [3.05, 3.63) is 46.7 Å². The van der Waals surface area contributed by atoms with Crippen LogP contribution in [0.25, 0.3) is 0 Å². The second-order valence-corrected chi connectivity index (χ2v) is 5.22. The lowest BCUT2D eigenvalue weighted by molar-refractivity contribution is -0.114. The average molecular weight is 319 g/mol. The predicted molar refractivity (Wildman–Crippen MR) is 75.9 cm³/mol. The second-order valence-electron chi connectivity index (χ2n) is 4.31. The van der Waals surface area contributed by atoms with Gasteiger partial charge in [-0.2, -0.15) is 10.2 Å². The second kappa shape index (κ2) is 4.97. The highest BCUT2D eigenvalue weighted by Gasteiger charge is 2.19. The fourth-order valence-electron chi connectivity index (χ4n) is 2.09. The minimum Gasteiger partial charge on any atom is -0.356 e. The number of halogens is 1. The molecule has 0 unspecified atom stereocenters. The molecule has 1 N–H and O–H groups in total. The summed E-state index contributed by atoms with van der Waals surface area (Å²) in [5.41, 5.74) is 2.81. The molecule has 0 atom stereocenters. The number of nitrogens with zero attached hydrogens (tertiary/aromatic N) is 3. The number of hydrogen-bond donors (Lipinski definition) is 1. The summed E-state index contributed by atoms with van der Waals surface area (Å²) in [6, 6.07) is 7.69. The van der Waals surface area contributed by atoms with Crippen molar-refractivity contribution in [3.63, 3.8) is 0 Å². The number of nitrogens with one attached hydrogen (secondary N) is 1. The summed E-state index contributed by atoms with van der Waals surface area (Å²) in [5.74, 6) is -0.0297. The maximum Gasteiger partial charge on any atom is 0.243 e. The quantitative estimate of drug-likeness (QED) is 0.875. The molecule has 6 heteroatoms. The first-order chi connectivity index (χ1) is 9.22. The molecule has 96 valence electrons. The van der Waals surface area contributed by atoms with E-state index in [-0.39, 0.29) is 5.91 Å². The molecule has 0 fully saturated rings. The zero-order valence-electron chi connectivity index (χ0n) is 10.0. The van der Waals surface area contributed by atoms with E-state index in [2.05, 4.69) is 31.4 Å². The van der Waals surface area contributed by atoms with Crippen LogP contribution < -0.4 is 10.2 Å². The van der Waals surface area contributed by atoms with Gasteiger partial charge in [0, 0.05) is 16.7 Å². The van der Waals surface area contributed by atoms with Crippen molar-refractivity contribution < 1.29 is 4.79 Å². The molecule has 3 rings (SSSR count). The first-order valence-corrected chi connectivity index (χ1v) is 6.61. The van der Waals surface area contributed by atoms with E-state index in [0.717, 1.165) is 21.4 Å². The molecule has 5 nitrogen and oxygen atoms in total. The Bertz CT molecular complexity index is 617. The maximum atomic E-state index is 11.9. The van der Waals surface area contributed by atoms with Crippen molar-refractivity contribution in [2.75, 3.05) is 16.8 Å². The Morgan fingerprint density at radius 3 is 2.89 bits per heavy atom. The number of fused-ring (bicyclic) bond motifs is 1. The van der Waals surface area contributed by atoms with Crippen molar-refractivity contribution in [1.29, 1.82) is 0 Å². The summed E-state index contributed by atoms with van der Waals surface area (Å²) in [5, 5.41) is 10.5. The topological polar surface area (TPSA) is 58.1 Å². The highest BCUT2D eigenvalue weighted by Crippen LogP contribution is 2.26. The van der Waals surface area contributed by atoms with Crippen LogP contribution >= 0.6 is 15.9 Å². The van der Waals surface area contributed by atoms with Crippen LogP contribution in [0, 0.1) is 0 Å². The smallest absolute Gasteiger partial charge is 0.243 e. The zero-order chi connectivity index (χ0) is 13.2.